The minimum Gasteiger partial charge on any atom is -0.508 e. The maximum absolute atomic E-state index is 12.6. The zero-order chi connectivity index (χ0) is 20.2. The van der Waals surface area contributed by atoms with Crippen molar-refractivity contribution < 1.29 is 9.90 Å². The molecular formula is C22H21N5O2. The molecule has 0 aliphatic heterocycles. The number of H-pyrrole nitrogens is 1. The van der Waals surface area contributed by atoms with Crippen molar-refractivity contribution in [2.75, 3.05) is 11.9 Å². The number of aromatic hydroxyl groups is 1. The fourth-order valence-electron chi connectivity index (χ4n) is 3.12. The van der Waals surface area contributed by atoms with Crippen LogP contribution in [0.1, 0.15) is 21.6 Å². The summed E-state index contributed by atoms with van der Waals surface area (Å²) in [6, 6.07) is 12.5. The molecule has 7 nitrogen and oxygen atoms in total. The fourth-order valence-corrected chi connectivity index (χ4v) is 3.12. The predicted octanol–water partition coefficient (Wildman–Crippen LogP) is 3.69. The highest BCUT2D eigenvalue weighted by atomic mass is 16.3. The van der Waals surface area contributed by atoms with Crippen LogP contribution in [0.2, 0.25) is 0 Å². The summed E-state index contributed by atoms with van der Waals surface area (Å²) >= 11 is 0. The van der Waals surface area contributed by atoms with Crippen LogP contribution >= 0.6 is 0 Å². The van der Waals surface area contributed by atoms with Crippen LogP contribution in [-0.4, -0.2) is 32.5 Å². The third-order valence-electron chi connectivity index (χ3n) is 4.73. The second-order valence-electron chi connectivity index (χ2n) is 6.80. The van der Waals surface area contributed by atoms with Crippen molar-refractivity contribution >= 4 is 28.2 Å². The number of aromatic amines is 1. The van der Waals surface area contributed by atoms with E-state index in [0.717, 1.165) is 33.5 Å². The molecule has 0 fully saturated rings. The number of fused-ring (bicyclic) bond motifs is 1. The Bertz CT molecular complexity index is 1160. The smallest absolute Gasteiger partial charge is 0.251 e. The molecule has 2 heterocycles. The van der Waals surface area contributed by atoms with E-state index in [2.05, 4.69) is 25.6 Å². The Kier molecular flexibility index (Phi) is 5.11. The van der Waals surface area contributed by atoms with Crippen LogP contribution in [0.4, 0.5) is 11.4 Å². The molecule has 0 radical (unpaired) electrons. The van der Waals surface area contributed by atoms with E-state index in [-0.39, 0.29) is 11.7 Å². The van der Waals surface area contributed by atoms with Crippen molar-refractivity contribution in [3.05, 3.63) is 78.0 Å². The predicted molar refractivity (Wildman–Crippen MR) is 112 cm³/mol. The Balaban J connectivity index is 1.56. The first-order valence-corrected chi connectivity index (χ1v) is 9.31. The van der Waals surface area contributed by atoms with Gasteiger partial charge in [0.05, 0.1) is 11.8 Å². The summed E-state index contributed by atoms with van der Waals surface area (Å²) in [6.45, 7) is 2.48. The molecule has 0 aliphatic carbocycles. The van der Waals surface area contributed by atoms with Gasteiger partial charge in [-0.1, -0.05) is 6.07 Å². The van der Waals surface area contributed by atoms with E-state index < -0.39 is 0 Å². The molecule has 0 saturated carbocycles. The number of benzene rings is 2. The number of aromatic nitrogens is 3. The van der Waals surface area contributed by atoms with Crippen LogP contribution in [-0.2, 0) is 6.42 Å². The van der Waals surface area contributed by atoms with Crippen LogP contribution in [0.15, 0.2) is 61.2 Å². The summed E-state index contributed by atoms with van der Waals surface area (Å²) in [5.41, 5.74) is 4.93. The largest absolute Gasteiger partial charge is 0.508 e. The average molecular weight is 387 g/mol. The summed E-state index contributed by atoms with van der Waals surface area (Å²) in [4.78, 5) is 23.9. The Hall–Kier alpha value is -3.87. The number of carbonyl (C=O) groups excluding carboxylic acids is 1. The Morgan fingerprint density at radius 1 is 1.14 bits per heavy atom. The first kappa shape index (κ1) is 18.5. The van der Waals surface area contributed by atoms with Crippen LogP contribution in [0.3, 0.4) is 0 Å². The van der Waals surface area contributed by atoms with Gasteiger partial charge in [0.1, 0.15) is 5.75 Å². The summed E-state index contributed by atoms with van der Waals surface area (Å²) < 4.78 is 0. The highest BCUT2D eigenvalue weighted by Crippen LogP contribution is 2.29. The van der Waals surface area contributed by atoms with E-state index in [9.17, 15) is 9.90 Å². The Morgan fingerprint density at radius 3 is 2.86 bits per heavy atom. The standard InChI is InChI=1S/C22H21N5O2/c1-14-2-4-17(28)11-21(14)27-20-7-9-24-19-5-3-15(10-18(19)20)22(29)25-8-6-16-12-23-13-26-16/h2-5,7,9-13,28H,6,8H2,1H3,(H,23,26)(H,24,27)(H,25,29). The molecule has 7 heteroatoms. The van der Waals surface area contributed by atoms with Gasteiger partial charge >= 0.3 is 0 Å². The lowest BCUT2D eigenvalue weighted by Gasteiger charge is -2.13. The normalized spacial score (nSPS) is 10.8. The summed E-state index contributed by atoms with van der Waals surface area (Å²) in [5, 5.41) is 16.9. The van der Waals surface area contributed by atoms with Gasteiger partial charge in [-0.2, -0.15) is 0 Å². The quantitative estimate of drug-likeness (QED) is 0.404. The molecule has 0 unspecified atom stereocenters. The van der Waals surface area contributed by atoms with E-state index >= 15 is 0 Å². The van der Waals surface area contributed by atoms with Gasteiger partial charge in [-0.15, -0.1) is 0 Å². The van der Waals surface area contributed by atoms with Crippen molar-refractivity contribution in [2.24, 2.45) is 0 Å². The molecule has 29 heavy (non-hydrogen) atoms. The van der Waals surface area contributed by atoms with E-state index in [1.165, 1.54) is 0 Å². The maximum atomic E-state index is 12.6. The molecular weight excluding hydrogens is 366 g/mol. The lowest BCUT2D eigenvalue weighted by molar-refractivity contribution is 0.0954. The molecule has 0 aliphatic rings. The minimum absolute atomic E-state index is 0.144. The number of aryl methyl sites for hydroxylation is 1. The number of anilines is 2. The number of pyridine rings is 1. The number of hydrogen-bond acceptors (Lipinski definition) is 5. The molecule has 0 bridgehead atoms. The highest BCUT2D eigenvalue weighted by Gasteiger charge is 2.10. The summed E-state index contributed by atoms with van der Waals surface area (Å²) in [6.07, 6.45) is 5.77. The molecule has 2 aromatic heterocycles. The third-order valence-corrected chi connectivity index (χ3v) is 4.73. The van der Waals surface area contributed by atoms with Gasteiger partial charge in [0.15, 0.2) is 0 Å². The van der Waals surface area contributed by atoms with Crippen molar-refractivity contribution in [1.29, 1.82) is 0 Å². The molecule has 0 spiro atoms. The molecule has 146 valence electrons. The second-order valence-corrected chi connectivity index (χ2v) is 6.80. The van der Waals surface area contributed by atoms with Crippen LogP contribution in [0.25, 0.3) is 10.9 Å². The number of imidazole rings is 1. The highest BCUT2D eigenvalue weighted by molar-refractivity contribution is 6.01. The molecule has 1 amide bonds. The van der Waals surface area contributed by atoms with Gasteiger partial charge < -0.3 is 20.7 Å². The number of hydrogen-bond donors (Lipinski definition) is 4. The number of phenolic OH excluding ortho intramolecular Hbond substituents is 1. The zero-order valence-electron chi connectivity index (χ0n) is 15.9. The van der Waals surface area contributed by atoms with Crippen molar-refractivity contribution in [1.82, 2.24) is 20.3 Å². The lowest BCUT2D eigenvalue weighted by Crippen LogP contribution is -2.25. The van der Waals surface area contributed by atoms with Crippen molar-refractivity contribution in [3.8, 4) is 5.75 Å². The van der Waals surface area contributed by atoms with Crippen molar-refractivity contribution in [2.45, 2.75) is 13.3 Å². The SMILES string of the molecule is Cc1ccc(O)cc1Nc1ccnc2ccc(C(=O)NCCc3cnc[nH]3)cc12. The Morgan fingerprint density at radius 2 is 2.03 bits per heavy atom. The van der Waals surface area contributed by atoms with Gasteiger partial charge in [0, 0.05) is 59.4 Å². The zero-order valence-corrected chi connectivity index (χ0v) is 15.9. The van der Waals surface area contributed by atoms with E-state index in [1.54, 1.807) is 36.9 Å². The number of carbonyl (C=O) groups is 1. The number of amides is 1. The van der Waals surface area contributed by atoms with E-state index in [0.29, 0.717) is 18.5 Å². The van der Waals surface area contributed by atoms with E-state index in [4.69, 9.17) is 0 Å². The molecule has 2 aromatic carbocycles. The van der Waals surface area contributed by atoms with Gasteiger partial charge in [0.25, 0.3) is 5.91 Å². The molecule has 4 N–H and O–H groups in total. The minimum atomic E-state index is -0.144. The average Bonchev–Trinajstić information content (AvgIpc) is 3.24. The van der Waals surface area contributed by atoms with E-state index in [1.807, 2.05) is 31.2 Å². The maximum Gasteiger partial charge on any atom is 0.251 e. The fraction of sp³-hybridized carbons (Fsp3) is 0.136. The summed E-state index contributed by atoms with van der Waals surface area (Å²) in [5.74, 6) is 0.0450. The van der Waals surface area contributed by atoms with Gasteiger partial charge in [-0.05, 0) is 42.8 Å². The Labute approximate surface area is 167 Å². The van der Waals surface area contributed by atoms with Gasteiger partial charge in [0.2, 0.25) is 0 Å². The van der Waals surface area contributed by atoms with Gasteiger partial charge in [-0.3, -0.25) is 9.78 Å². The number of rotatable bonds is 6. The molecule has 0 atom stereocenters. The number of nitrogens with one attached hydrogen (secondary N) is 3. The first-order chi connectivity index (χ1) is 14.1. The number of nitrogens with zero attached hydrogens (tertiary/aromatic N) is 2. The van der Waals surface area contributed by atoms with Gasteiger partial charge in [-0.25, -0.2) is 4.98 Å². The first-order valence-electron chi connectivity index (χ1n) is 9.31. The van der Waals surface area contributed by atoms with Crippen LogP contribution in [0.5, 0.6) is 5.75 Å². The van der Waals surface area contributed by atoms with Crippen LogP contribution < -0.4 is 10.6 Å². The molecule has 4 aromatic rings. The second kappa shape index (κ2) is 8.02. The monoisotopic (exact) mass is 387 g/mol. The van der Waals surface area contributed by atoms with Crippen molar-refractivity contribution in [3.63, 3.8) is 0 Å². The lowest BCUT2D eigenvalue weighted by atomic mass is 10.1. The third kappa shape index (κ3) is 4.19. The summed E-state index contributed by atoms with van der Waals surface area (Å²) in [7, 11) is 0. The van der Waals surface area contributed by atoms with Crippen LogP contribution in [0, 0.1) is 6.92 Å². The topological polar surface area (TPSA) is 103 Å². The molecule has 0 saturated heterocycles. The number of phenols is 1. The molecule has 4 rings (SSSR count).